The lowest BCUT2D eigenvalue weighted by atomic mass is 10.0. The number of hydrogen-bond acceptors (Lipinski definition) is 5. The summed E-state index contributed by atoms with van der Waals surface area (Å²) >= 11 is 5.99. The molecule has 4 heterocycles. The van der Waals surface area contributed by atoms with Gasteiger partial charge in [0, 0.05) is 52.6 Å². The van der Waals surface area contributed by atoms with E-state index in [1.807, 2.05) is 36.0 Å². The van der Waals surface area contributed by atoms with E-state index in [-0.39, 0.29) is 6.10 Å². The number of halogens is 2. The molecule has 1 aliphatic heterocycles. The van der Waals surface area contributed by atoms with Crippen LogP contribution in [0.3, 0.4) is 0 Å². The number of ether oxygens (including phenoxy) is 1. The van der Waals surface area contributed by atoms with Crippen molar-refractivity contribution < 1.29 is 9.13 Å². The van der Waals surface area contributed by atoms with Crippen LogP contribution in [0.2, 0.25) is 5.02 Å². The zero-order valence-electron chi connectivity index (χ0n) is 18.2. The van der Waals surface area contributed by atoms with Crippen LogP contribution < -0.4 is 4.90 Å². The zero-order chi connectivity index (χ0) is 22.5. The number of morpholine rings is 1. The molecule has 2 aliphatic rings. The molecule has 6 nitrogen and oxygen atoms in total. The van der Waals surface area contributed by atoms with E-state index < -0.39 is 5.82 Å². The number of nitrogens with zero attached hydrogens (tertiary/aromatic N) is 5. The van der Waals surface area contributed by atoms with Gasteiger partial charge in [0.05, 0.1) is 30.1 Å². The minimum Gasteiger partial charge on any atom is -0.370 e. The van der Waals surface area contributed by atoms with Crippen LogP contribution >= 0.6 is 11.6 Å². The molecule has 0 radical (unpaired) electrons. The fourth-order valence-corrected chi connectivity index (χ4v) is 4.54. The fourth-order valence-electron chi connectivity index (χ4n) is 4.38. The molecule has 168 valence electrons. The number of aryl methyl sites for hydroxylation is 1. The Labute approximate surface area is 196 Å². The van der Waals surface area contributed by atoms with Gasteiger partial charge in [-0.15, -0.1) is 0 Å². The molecule has 1 saturated heterocycles. The molecular weight excluding hydrogens is 441 g/mol. The lowest BCUT2D eigenvalue weighted by Crippen LogP contribution is -2.38. The summed E-state index contributed by atoms with van der Waals surface area (Å²) in [6.45, 7) is 3.86. The Morgan fingerprint density at radius 2 is 2.00 bits per heavy atom. The van der Waals surface area contributed by atoms with Crippen molar-refractivity contribution in [2.24, 2.45) is 0 Å². The molecule has 8 heteroatoms. The van der Waals surface area contributed by atoms with Crippen LogP contribution in [0, 0.1) is 12.7 Å². The zero-order valence-corrected chi connectivity index (χ0v) is 19.0. The Morgan fingerprint density at radius 1 is 1.12 bits per heavy atom. The molecule has 3 aromatic heterocycles. The molecule has 0 bridgehead atoms. The standard InChI is InChI=1S/C25H23ClFN5O/c1-15-2-6-20-22(29-15)11-24(30-25(20)19-7-3-17(26)10-21(19)27)31-8-9-33-23(14-31)16-12-28-32(13-16)18-4-5-18/h2-3,6-7,10-13,18,23H,4-5,8-9,14H2,1H3/t23-/m0/s1. The molecule has 1 saturated carbocycles. The van der Waals surface area contributed by atoms with E-state index in [1.165, 1.54) is 18.9 Å². The first-order valence-electron chi connectivity index (χ1n) is 11.2. The maximum atomic E-state index is 14.9. The van der Waals surface area contributed by atoms with Crippen LogP contribution in [-0.4, -0.2) is 39.4 Å². The Bertz CT molecular complexity index is 1350. The van der Waals surface area contributed by atoms with E-state index >= 15 is 0 Å². The van der Waals surface area contributed by atoms with Crippen LogP contribution in [0.4, 0.5) is 10.2 Å². The second kappa shape index (κ2) is 8.08. The minimum absolute atomic E-state index is 0.0927. The fraction of sp³-hybridized carbons (Fsp3) is 0.320. The predicted molar refractivity (Wildman–Crippen MR) is 126 cm³/mol. The van der Waals surface area contributed by atoms with Gasteiger partial charge in [0.25, 0.3) is 0 Å². The lowest BCUT2D eigenvalue weighted by Gasteiger charge is -2.33. The number of benzene rings is 1. The summed E-state index contributed by atoms with van der Waals surface area (Å²) < 4.78 is 23.0. The Balaban J connectivity index is 1.39. The first kappa shape index (κ1) is 20.6. The van der Waals surface area contributed by atoms with Crippen molar-refractivity contribution >= 4 is 28.3 Å². The van der Waals surface area contributed by atoms with E-state index in [2.05, 4.69) is 16.2 Å². The van der Waals surface area contributed by atoms with Gasteiger partial charge < -0.3 is 9.64 Å². The number of hydrogen-bond donors (Lipinski definition) is 0. The van der Waals surface area contributed by atoms with Crippen molar-refractivity contribution in [3.63, 3.8) is 0 Å². The average Bonchev–Trinajstić information content (AvgIpc) is 3.54. The minimum atomic E-state index is -0.402. The predicted octanol–water partition coefficient (Wildman–Crippen LogP) is 5.51. The van der Waals surface area contributed by atoms with Gasteiger partial charge in [0.1, 0.15) is 17.7 Å². The molecule has 1 aliphatic carbocycles. The Kier molecular flexibility index (Phi) is 5.03. The van der Waals surface area contributed by atoms with Crippen molar-refractivity contribution in [2.75, 3.05) is 24.6 Å². The third-order valence-corrected chi connectivity index (χ3v) is 6.54. The van der Waals surface area contributed by atoms with Gasteiger partial charge in [-0.2, -0.15) is 5.10 Å². The van der Waals surface area contributed by atoms with Gasteiger partial charge >= 0.3 is 0 Å². The van der Waals surface area contributed by atoms with Crippen LogP contribution in [0.25, 0.3) is 22.2 Å². The summed E-state index contributed by atoms with van der Waals surface area (Å²) in [5.41, 5.74) is 3.73. The summed E-state index contributed by atoms with van der Waals surface area (Å²) in [7, 11) is 0. The van der Waals surface area contributed by atoms with Crippen molar-refractivity contribution in [1.82, 2.24) is 19.7 Å². The Morgan fingerprint density at radius 3 is 2.82 bits per heavy atom. The van der Waals surface area contributed by atoms with Gasteiger partial charge in [-0.25, -0.2) is 9.37 Å². The molecule has 33 heavy (non-hydrogen) atoms. The van der Waals surface area contributed by atoms with Gasteiger partial charge in [-0.05, 0) is 50.1 Å². The van der Waals surface area contributed by atoms with E-state index in [0.29, 0.717) is 42.0 Å². The summed E-state index contributed by atoms with van der Waals surface area (Å²) in [4.78, 5) is 11.8. The maximum absolute atomic E-state index is 14.9. The SMILES string of the molecule is Cc1ccc2c(-c3ccc(Cl)cc3F)nc(N3CCO[C@H](c4cnn(C5CC5)c4)C3)cc2n1. The van der Waals surface area contributed by atoms with Gasteiger partial charge in [-0.3, -0.25) is 9.67 Å². The summed E-state index contributed by atoms with van der Waals surface area (Å²) in [6.07, 6.45) is 6.29. The quantitative estimate of drug-likeness (QED) is 0.399. The first-order chi connectivity index (χ1) is 16.0. The lowest BCUT2D eigenvalue weighted by molar-refractivity contribution is 0.0395. The number of pyridine rings is 2. The number of fused-ring (bicyclic) bond motifs is 1. The van der Waals surface area contributed by atoms with Crippen LogP contribution in [0.15, 0.2) is 48.8 Å². The van der Waals surface area contributed by atoms with Crippen molar-refractivity contribution in [1.29, 1.82) is 0 Å². The highest BCUT2D eigenvalue weighted by Gasteiger charge is 2.28. The largest absolute Gasteiger partial charge is 0.370 e. The van der Waals surface area contributed by atoms with Gasteiger partial charge in [0.2, 0.25) is 0 Å². The highest BCUT2D eigenvalue weighted by molar-refractivity contribution is 6.30. The Hall–Kier alpha value is -3.03. The van der Waals surface area contributed by atoms with E-state index in [0.717, 1.165) is 28.0 Å². The second-order valence-corrected chi connectivity index (χ2v) is 9.20. The molecule has 0 unspecified atom stereocenters. The molecule has 0 amide bonds. The molecule has 1 aromatic carbocycles. The van der Waals surface area contributed by atoms with Crippen LogP contribution in [-0.2, 0) is 4.74 Å². The third kappa shape index (κ3) is 3.96. The molecule has 2 fully saturated rings. The highest BCUT2D eigenvalue weighted by Crippen LogP contribution is 2.36. The van der Waals surface area contributed by atoms with E-state index in [1.54, 1.807) is 12.1 Å². The molecule has 1 atom stereocenters. The normalized spacial score (nSPS) is 18.8. The van der Waals surface area contributed by atoms with E-state index in [4.69, 9.17) is 26.3 Å². The smallest absolute Gasteiger partial charge is 0.134 e. The molecule has 4 aromatic rings. The molecule has 0 N–H and O–H groups in total. The highest BCUT2D eigenvalue weighted by atomic mass is 35.5. The van der Waals surface area contributed by atoms with Gasteiger partial charge in [0.15, 0.2) is 0 Å². The van der Waals surface area contributed by atoms with Crippen molar-refractivity contribution in [3.05, 3.63) is 70.9 Å². The average molecular weight is 464 g/mol. The van der Waals surface area contributed by atoms with Crippen molar-refractivity contribution in [3.8, 4) is 11.3 Å². The van der Waals surface area contributed by atoms with Crippen LogP contribution in [0.5, 0.6) is 0 Å². The third-order valence-electron chi connectivity index (χ3n) is 6.30. The maximum Gasteiger partial charge on any atom is 0.134 e. The van der Waals surface area contributed by atoms with Crippen LogP contribution in [0.1, 0.15) is 36.2 Å². The first-order valence-corrected chi connectivity index (χ1v) is 11.6. The monoisotopic (exact) mass is 463 g/mol. The van der Waals surface area contributed by atoms with E-state index in [9.17, 15) is 4.39 Å². The number of aromatic nitrogens is 4. The topological polar surface area (TPSA) is 56.1 Å². The van der Waals surface area contributed by atoms with Gasteiger partial charge in [-0.1, -0.05) is 11.6 Å². The second-order valence-electron chi connectivity index (χ2n) is 8.76. The summed E-state index contributed by atoms with van der Waals surface area (Å²) in [6, 6.07) is 11.1. The van der Waals surface area contributed by atoms with Crippen molar-refractivity contribution in [2.45, 2.75) is 31.9 Å². The number of rotatable bonds is 4. The number of anilines is 1. The summed E-state index contributed by atoms with van der Waals surface area (Å²) in [5.74, 6) is 0.356. The molecule has 6 rings (SSSR count). The molecule has 0 spiro atoms. The molecular formula is C25H23ClFN5O. The summed E-state index contributed by atoms with van der Waals surface area (Å²) in [5, 5.41) is 5.67.